The van der Waals surface area contributed by atoms with Crippen LogP contribution in [0.2, 0.25) is 0 Å². The van der Waals surface area contributed by atoms with Crippen molar-refractivity contribution in [2.75, 3.05) is 11.9 Å². The molecule has 0 aromatic heterocycles. The first-order valence-corrected chi connectivity index (χ1v) is 14.6. The van der Waals surface area contributed by atoms with E-state index in [1.54, 1.807) is 24.3 Å². The second-order valence-corrected chi connectivity index (χ2v) is 11.3. The van der Waals surface area contributed by atoms with Crippen molar-refractivity contribution in [2.24, 2.45) is 5.41 Å². The average Bonchev–Trinajstić information content (AvgIpc) is 2.87. The Hall–Kier alpha value is -2.43. The molecule has 1 fully saturated rings. The summed E-state index contributed by atoms with van der Waals surface area (Å²) in [6.45, 7) is 10.3. The molecule has 0 amide bonds. The van der Waals surface area contributed by atoms with Crippen molar-refractivity contribution in [2.45, 2.75) is 123 Å². The molecule has 1 saturated carbocycles. The number of ether oxygens (including phenoxy) is 1. The number of carbonyl (C=O) groups is 3. The van der Waals surface area contributed by atoms with Crippen LogP contribution in [0.25, 0.3) is 0 Å². The zero-order valence-electron chi connectivity index (χ0n) is 23.5. The molecular weight excluding hydrogens is 462 g/mol. The molecule has 5 heteroatoms. The van der Waals surface area contributed by atoms with Crippen LogP contribution >= 0.6 is 0 Å². The smallest absolute Gasteiger partial charge is 0.338 e. The molecule has 0 spiro atoms. The Balaban J connectivity index is 1.54. The van der Waals surface area contributed by atoms with Gasteiger partial charge in [-0.3, -0.25) is 9.59 Å². The number of carbonyl (C=O) groups excluding carboxylic acids is 3. The molecule has 0 bridgehead atoms. The Morgan fingerprint density at radius 2 is 1.35 bits per heavy atom. The zero-order chi connectivity index (χ0) is 27.1. The van der Waals surface area contributed by atoms with Crippen LogP contribution in [0.4, 0.5) is 5.69 Å². The molecule has 1 aromatic carbocycles. The Kier molecular flexibility index (Phi) is 13.7. The highest BCUT2D eigenvalue weighted by Crippen LogP contribution is 2.36. The van der Waals surface area contributed by atoms with Gasteiger partial charge in [0.2, 0.25) is 0 Å². The summed E-state index contributed by atoms with van der Waals surface area (Å²) in [5, 5.41) is 3.00. The number of rotatable bonds is 18. The van der Waals surface area contributed by atoms with E-state index in [0.717, 1.165) is 12.8 Å². The number of nitrogens with one attached hydrogen (secondary N) is 1. The van der Waals surface area contributed by atoms with Gasteiger partial charge in [-0.25, -0.2) is 4.79 Å². The first-order valence-electron chi connectivity index (χ1n) is 14.6. The van der Waals surface area contributed by atoms with Gasteiger partial charge in [-0.2, -0.15) is 0 Å². The SMILES string of the molecule is C=C1C(=O)C(Nc2ccc(C(=O)OCCCCCCCCCCCCCCCC)cc2)C(=O)CC1(C)C. The molecule has 0 saturated heterocycles. The fraction of sp³-hybridized carbons (Fsp3) is 0.656. The number of hydrogen-bond acceptors (Lipinski definition) is 5. The topological polar surface area (TPSA) is 72.5 Å². The molecule has 1 aliphatic rings. The lowest BCUT2D eigenvalue weighted by atomic mass is 9.71. The fourth-order valence-corrected chi connectivity index (χ4v) is 4.86. The van der Waals surface area contributed by atoms with E-state index >= 15 is 0 Å². The van der Waals surface area contributed by atoms with Gasteiger partial charge in [0, 0.05) is 12.1 Å². The molecule has 5 nitrogen and oxygen atoms in total. The first-order chi connectivity index (χ1) is 17.8. The van der Waals surface area contributed by atoms with Crippen LogP contribution in [-0.2, 0) is 14.3 Å². The van der Waals surface area contributed by atoms with Crippen molar-refractivity contribution in [3.05, 3.63) is 42.0 Å². The van der Waals surface area contributed by atoms with Crippen molar-refractivity contribution in [3.8, 4) is 0 Å². The second kappa shape index (κ2) is 16.4. The Morgan fingerprint density at radius 3 is 1.86 bits per heavy atom. The maximum absolute atomic E-state index is 12.6. The van der Waals surface area contributed by atoms with Gasteiger partial charge in [0.05, 0.1) is 12.2 Å². The molecule has 206 valence electrons. The first kappa shape index (κ1) is 30.8. The summed E-state index contributed by atoms with van der Waals surface area (Å²) >= 11 is 0. The van der Waals surface area contributed by atoms with E-state index in [1.165, 1.54) is 77.0 Å². The minimum Gasteiger partial charge on any atom is -0.462 e. The van der Waals surface area contributed by atoms with Gasteiger partial charge in [0.15, 0.2) is 11.6 Å². The summed E-state index contributed by atoms with van der Waals surface area (Å²) in [6, 6.07) is 5.80. The van der Waals surface area contributed by atoms with E-state index in [4.69, 9.17) is 4.74 Å². The summed E-state index contributed by atoms with van der Waals surface area (Å²) in [5.74, 6) is -0.752. The van der Waals surface area contributed by atoms with Crippen molar-refractivity contribution in [1.82, 2.24) is 0 Å². The number of ketones is 2. The fourth-order valence-electron chi connectivity index (χ4n) is 4.86. The van der Waals surface area contributed by atoms with Crippen LogP contribution in [0.1, 0.15) is 127 Å². The normalized spacial score (nSPS) is 17.2. The maximum atomic E-state index is 12.6. The molecular formula is C32H49NO4. The highest BCUT2D eigenvalue weighted by Gasteiger charge is 2.42. The molecule has 0 aliphatic heterocycles. The highest BCUT2D eigenvalue weighted by molar-refractivity contribution is 6.18. The minimum absolute atomic E-state index is 0.140. The Morgan fingerprint density at radius 1 is 0.865 bits per heavy atom. The van der Waals surface area contributed by atoms with E-state index in [-0.39, 0.29) is 24.0 Å². The summed E-state index contributed by atoms with van der Waals surface area (Å²) in [5.41, 5.74) is 1.03. The van der Waals surface area contributed by atoms with Crippen molar-refractivity contribution >= 4 is 23.2 Å². The minimum atomic E-state index is -0.918. The number of anilines is 1. The monoisotopic (exact) mass is 511 g/mol. The lowest BCUT2D eigenvalue weighted by Gasteiger charge is -2.34. The molecule has 1 N–H and O–H groups in total. The third-order valence-electron chi connectivity index (χ3n) is 7.48. The van der Waals surface area contributed by atoms with Crippen molar-refractivity contribution in [1.29, 1.82) is 0 Å². The maximum Gasteiger partial charge on any atom is 0.338 e. The van der Waals surface area contributed by atoms with Crippen molar-refractivity contribution in [3.63, 3.8) is 0 Å². The standard InChI is InChI=1S/C32H49NO4/c1-5-6-7-8-9-10-11-12-13-14-15-16-17-18-23-37-31(36)26-19-21-27(22-20-26)33-29-28(34)24-32(3,4)25(2)30(29)35/h19-22,29,33H,2,5-18,23-24H2,1,3-4H3. The third kappa shape index (κ3) is 10.8. The van der Waals surface area contributed by atoms with Gasteiger partial charge in [-0.15, -0.1) is 0 Å². The summed E-state index contributed by atoms with van der Waals surface area (Å²) in [6.07, 6.45) is 18.4. The second-order valence-electron chi connectivity index (χ2n) is 11.3. The van der Waals surface area contributed by atoms with Gasteiger partial charge in [-0.1, -0.05) is 111 Å². The molecule has 1 atom stereocenters. The van der Waals surface area contributed by atoms with Gasteiger partial charge in [0.25, 0.3) is 0 Å². The lowest BCUT2D eigenvalue weighted by Crippen LogP contribution is -2.47. The molecule has 1 aliphatic carbocycles. The Bertz CT molecular complexity index is 871. The number of hydrogen-bond donors (Lipinski definition) is 1. The van der Waals surface area contributed by atoms with Gasteiger partial charge in [-0.05, 0) is 41.7 Å². The van der Waals surface area contributed by atoms with E-state index in [1.807, 2.05) is 13.8 Å². The zero-order valence-corrected chi connectivity index (χ0v) is 23.5. The number of esters is 1. The third-order valence-corrected chi connectivity index (χ3v) is 7.48. The average molecular weight is 512 g/mol. The van der Waals surface area contributed by atoms with Crippen LogP contribution in [0.5, 0.6) is 0 Å². The number of unbranched alkanes of at least 4 members (excludes halogenated alkanes) is 13. The van der Waals surface area contributed by atoms with E-state index in [9.17, 15) is 14.4 Å². The lowest BCUT2D eigenvalue weighted by molar-refractivity contribution is -0.130. The number of benzene rings is 1. The molecule has 0 heterocycles. The summed E-state index contributed by atoms with van der Waals surface area (Å²) in [7, 11) is 0. The predicted octanol–water partition coefficient (Wildman–Crippen LogP) is 8.23. The molecule has 1 unspecified atom stereocenters. The molecule has 0 radical (unpaired) electrons. The summed E-state index contributed by atoms with van der Waals surface area (Å²) < 4.78 is 5.42. The molecule has 2 rings (SSSR count). The van der Waals surface area contributed by atoms with Crippen LogP contribution in [0.15, 0.2) is 36.4 Å². The van der Waals surface area contributed by atoms with E-state index in [0.29, 0.717) is 23.4 Å². The molecule has 37 heavy (non-hydrogen) atoms. The van der Waals surface area contributed by atoms with Crippen LogP contribution in [-0.4, -0.2) is 30.2 Å². The van der Waals surface area contributed by atoms with Gasteiger partial charge < -0.3 is 10.1 Å². The van der Waals surface area contributed by atoms with Crippen LogP contribution in [0, 0.1) is 5.41 Å². The largest absolute Gasteiger partial charge is 0.462 e. The van der Waals surface area contributed by atoms with Crippen LogP contribution in [0.3, 0.4) is 0 Å². The van der Waals surface area contributed by atoms with Crippen LogP contribution < -0.4 is 5.32 Å². The van der Waals surface area contributed by atoms with Gasteiger partial charge in [0.1, 0.15) is 6.04 Å². The van der Waals surface area contributed by atoms with Crippen molar-refractivity contribution < 1.29 is 19.1 Å². The molecule has 1 aromatic rings. The van der Waals surface area contributed by atoms with Gasteiger partial charge >= 0.3 is 5.97 Å². The predicted molar refractivity (Wildman–Crippen MR) is 152 cm³/mol. The van der Waals surface area contributed by atoms with E-state index < -0.39 is 11.5 Å². The number of Topliss-reactive ketones (excluding diaryl/α,β-unsaturated/α-hetero) is 2. The summed E-state index contributed by atoms with van der Waals surface area (Å²) in [4.78, 5) is 37.4. The van der Waals surface area contributed by atoms with E-state index in [2.05, 4.69) is 18.8 Å². The quantitative estimate of drug-likeness (QED) is 0.0930. The Labute approximate surface area is 224 Å². The highest BCUT2D eigenvalue weighted by atomic mass is 16.5.